The van der Waals surface area contributed by atoms with Crippen LogP contribution in [0.1, 0.15) is 34.0 Å². The van der Waals surface area contributed by atoms with Crippen molar-refractivity contribution in [2.75, 3.05) is 52.1 Å². The first-order valence-electron chi connectivity index (χ1n) is 11.5. The van der Waals surface area contributed by atoms with Crippen molar-refractivity contribution in [3.8, 4) is 0 Å². The number of hydrogen-bond acceptors (Lipinski definition) is 6. The highest BCUT2D eigenvalue weighted by atomic mass is 32.2. The quantitative estimate of drug-likeness (QED) is 0.562. The van der Waals surface area contributed by atoms with E-state index in [1.54, 1.807) is 27.1 Å². The van der Waals surface area contributed by atoms with E-state index in [2.05, 4.69) is 15.3 Å². The van der Waals surface area contributed by atoms with Gasteiger partial charge in [-0.2, -0.15) is 17.5 Å². The summed E-state index contributed by atoms with van der Waals surface area (Å²) in [6.45, 7) is 0.543. The Kier molecular flexibility index (Phi) is 7.18. The summed E-state index contributed by atoms with van der Waals surface area (Å²) in [5, 5.41) is 2.65. The molecule has 14 heteroatoms. The highest BCUT2D eigenvalue weighted by molar-refractivity contribution is 7.89. The Morgan fingerprint density at radius 1 is 1.19 bits per heavy atom. The minimum absolute atomic E-state index is 0.0419. The van der Waals surface area contributed by atoms with E-state index in [9.17, 15) is 31.2 Å². The third-order valence-corrected chi connectivity index (χ3v) is 8.09. The number of anilines is 1. The molecule has 0 bridgehead atoms. The van der Waals surface area contributed by atoms with E-state index >= 15 is 0 Å². The highest BCUT2D eigenvalue weighted by Gasteiger charge is 2.37. The first kappa shape index (κ1) is 26.8. The number of carbonyl (C=O) groups is 2. The van der Waals surface area contributed by atoms with E-state index in [1.807, 2.05) is 0 Å². The summed E-state index contributed by atoms with van der Waals surface area (Å²) in [4.78, 5) is 34.8. The van der Waals surface area contributed by atoms with Gasteiger partial charge in [0.05, 0.1) is 22.7 Å². The van der Waals surface area contributed by atoms with Gasteiger partial charge in [-0.3, -0.25) is 14.5 Å². The Morgan fingerprint density at radius 2 is 1.92 bits per heavy atom. The number of nitrogens with zero attached hydrogens (tertiary/aromatic N) is 4. The second-order valence-corrected chi connectivity index (χ2v) is 11.0. The zero-order chi connectivity index (χ0) is 27.1. The van der Waals surface area contributed by atoms with Crippen molar-refractivity contribution in [3.63, 3.8) is 0 Å². The average Bonchev–Trinajstić information content (AvgIpc) is 3.21. The van der Waals surface area contributed by atoms with Crippen molar-refractivity contribution >= 4 is 39.2 Å². The molecule has 1 aromatic heterocycles. The Balaban J connectivity index is 1.69. The molecule has 10 nitrogen and oxygen atoms in total. The molecule has 0 aliphatic carbocycles. The van der Waals surface area contributed by atoms with Crippen LogP contribution in [0, 0.1) is 6.92 Å². The maximum absolute atomic E-state index is 13.7. The molecule has 1 saturated heterocycles. The molecule has 0 radical (unpaired) electrons. The fraction of sp³-hybridized carbons (Fsp3) is 0.435. The average molecular weight is 541 g/mol. The zero-order valence-corrected chi connectivity index (χ0v) is 21.3. The molecule has 1 fully saturated rings. The summed E-state index contributed by atoms with van der Waals surface area (Å²) in [6.07, 6.45) is -2.76. The second-order valence-electron chi connectivity index (χ2n) is 9.14. The first-order chi connectivity index (χ1) is 17.3. The number of hydrogen-bond donors (Lipinski definition) is 2. The molecule has 1 aromatic carbocycles. The minimum Gasteiger partial charge on any atom is -0.343 e. The van der Waals surface area contributed by atoms with Crippen LogP contribution in [0.4, 0.5) is 18.9 Å². The van der Waals surface area contributed by atoms with Crippen LogP contribution in [0.5, 0.6) is 0 Å². The van der Waals surface area contributed by atoms with Gasteiger partial charge < -0.3 is 15.2 Å². The van der Waals surface area contributed by atoms with Gasteiger partial charge in [-0.05, 0) is 38.1 Å². The van der Waals surface area contributed by atoms with E-state index in [4.69, 9.17) is 0 Å². The molecular weight excluding hydrogens is 513 g/mol. The van der Waals surface area contributed by atoms with Gasteiger partial charge in [0.1, 0.15) is 11.5 Å². The number of aromatic nitrogens is 2. The largest absolute Gasteiger partial charge is 0.401 e. The van der Waals surface area contributed by atoms with Crippen molar-refractivity contribution in [2.24, 2.45) is 0 Å². The Labute approximate surface area is 212 Å². The van der Waals surface area contributed by atoms with E-state index < -0.39 is 28.7 Å². The zero-order valence-electron chi connectivity index (χ0n) is 20.5. The molecule has 200 valence electrons. The molecular formula is C23H27F3N6O4S. The fourth-order valence-corrected chi connectivity index (χ4v) is 6.11. The number of aromatic amines is 1. The van der Waals surface area contributed by atoms with Crippen LogP contribution in [0.2, 0.25) is 0 Å². The van der Waals surface area contributed by atoms with Crippen LogP contribution < -0.4 is 5.32 Å². The lowest BCUT2D eigenvalue weighted by molar-refractivity contribution is -0.145. The lowest BCUT2D eigenvalue weighted by Crippen LogP contribution is -2.38. The Hall–Kier alpha value is -3.23. The molecule has 3 heterocycles. The number of rotatable bonds is 5. The molecule has 37 heavy (non-hydrogen) atoms. The topological polar surface area (TPSA) is 119 Å². The van der Waals surface area contributed by atoms with Crippen LogP contribution in [0.25, 0.3) is 11.6 Å². The number of H-pyrrole nitrogens is 1. The summed E-state index contributed by atoms with van der Waals surface area (Å²) in [6, 6.07) is 4.43. The molecule has 0 atom stereocenters. The number of carbonyl (C=O) groups excluding carboxylic acids is 2. The van der Waals surface area contributed by atoms with Crippen molar-refractivity contribution in [1.29, 1.82) is 0 Å². The van der Waals surface area contributed by atoms with Gasteiger partial charge in [-0.1, -0.05) is 6.07 Å². The minimum atomic E-state index is -4.37. The predicted molar refractivity (Wildman–Crippen MR) is 130 cm³/mol. The summed E-state index contributed by atoms with van der Waals surface area (Å²) in [5.74, 6) is -0.677. The van der Waals surface area contributed by atoms with Gasteiger partial charge in [-0.25, -0.2) is 13.4 Å². The lowest BCUT2D eigenvalue weighted by atomic mass is 10.1. The number of amides is 2. The molecule has 0 spiro atoms. The maximum Gasteiger partial charge on any atom is 0.401 e. The number of aryl methyl sites for hydroxylation is 1. The number of sulfonamides is 1. The molecule has 2 N–H and O–H groups in total. The van der Waals surface area contributed by atoms with Crippen LogP contribution in [-0.2, 0) is 14.8 Å². The van der Waals surface area contributed by atoms with Gasteiger partial charge >= 0.3 is 6.18 Å². The molecule has 2 aliphatic rings. The van der Waals surface area contributed by atoms with Crippen molar-refractivity contribution in [1.82, 2.24) is 24.1 Å². The maximum atomic E-state index is 13.7. The Bertz CT molecular complexity index is 1370. The third kappa shape index (κ3) is 5.55. The van der Waals surface area contributed by atoms with Gasteiger partial charge in [0.25, 0.3) is 11.8 Å². The highest BCUT2D eigenvalue weighted by Crippen LogP contribution is 2.39. The molecule has 2 aromatic rings. The summed E-state index contributed by atoms with van der Waals surface area (Å²) in [5.41, 5.74) is 1.14. The van der Waals surface area contributed by atoms with Gasteiger partial charge in [0.15, 0.2) is 0 Å². The first-order valence-corrected chi connectivity index (χ1v) is 13.0. The van der Waals surface area contributed by atoms with Crippen LogP contribution in [0.15, 0.2) is 23.1 Å². The number of nitrogens with one attached hydrogen (secondary N) is 2. The lowest BCUT2D eigenvalue weighted by Gasteiger charge is -2.23. The second kappa shape index (κ2) is 9.91. The summed E-state index contributed by atoms with van der Waals surface area (Å²) in [7, 11) is -0.991. The van der Waals surface area contributed by atoms with E-state index in [0.717, 1.165) is 4.31 Å². The van der Waals surface area contributed by atoms with Crippen molar-refractivity contribution in [3.05, 3.63) is 41.0 Å². The molecule has 4 rings (SSSR count). The molecule has 2 amide bonds. The normalized spacial score (nSPS) is 18.5. The van der Waals surface area contributed by atoms with Crippen LogP contribution >= 0.6 is 0 Å². The molecule has 2 aliphatic heterocycles. The third-order valence-electron chi connectivity index (χ3n) is 6.15. The van der Waals surface area contributed by atoms with Crippen molar-refractivity contribution in [2.45, 2.75) is 24.4 Å². The van der Waals surface area contributed by atoms with Crippen molar-refractivity contribution < 1.29 is 31.2 Å². The van der Waals surface area contributed by atoms with E-state index in [0.29, 0.717) is 11.4 Å². The van der Waals surface area contributed by atoms with Gasteiger partial charge in [0, 0.05) is 45.0 Å². The number of benzene rings is 1. The van der Waals surface area contributed by atoms with E-state index in [1.165, 1.54) is 28.0 Å². The SMILES string of the molecule is Cc1[nH]c(/C=C2\C(=O)Nc3cccc(S(=O)(=O)N4CCCN(CC(F)(F)F)CC4)c32)nc1C(=O)N(C)C. The van der Waals surface area contributed by atoms with Gasteiger partial charge in [0.2, 0.25) is 10.0 Å². The number of halogens is 3. The number of fused-ring (bicyclic) bond motifs is 1. The number of imidazole rings is 1. The van der Waals surface area contributed by atoms with Crippen LogP contribution in [-0.4, -0.2) is 97.3 Å². The Morgan fingerprint density at radius 3 is 2.59 bits per heavy atom. The summed E-state index contributed by atoms with van der Waals surface area (Å²) >= 11 is 0. The standard InChI is InChI=1S/C23H27F3N6O4S/c1-14-20(22(34)30(2)3)29-18(27-14)12-15-19-16(28-21(15)33)6-4-7-17(19)37(35,36)32-9-5-8-31(10-11-32)13-23(24,25)26/h4,6-7,12H,5,8-11,13H2,1-3H3,(H,27,29)(H,28,33)/b15-12-. The smallest absolute Gasteiger partial charge is 0.343 e. The van der Waals surface area contributed by atoms with Gasteiger partial charge in [-0.15, -0.1) is 0 Å². The summed E-state index contributed by atoms with van der Waals surface area (Å²) < 4.78 is 67.0. The predicted octanol–water partition coefficient (Wildman–Crippen LogP) is 2.17. The van der Waals surface area contributed by atoms with E-state index in [-0.39, 0.29) is 66.1 Å². The number of alkyl halides is 3. The monoisotopic (exact) mass is 540 g/mol. The fourth-order valence-electron chi connectivity index (χ4n) is 4.42. The van der Waals surface area contributed by atoms with Crippen LogP contribution in [0.3, 0.4) is 0 Å². The molecule has 0 saturated carbocycles. The molecule has 0 unspecified atom stereocenters.